The summed E-state index contributed by atoms with van der Waals surface area (Å²) in [6.07, 6.45) is -0.873. The SMILES string of the molecule is CC(=O)O[C@H](C(=O)Nc1nnc(CCSCCc2nnc(NC(=O)[C@@H](OC(C)=O)c3ccccc3)s2)s1)c1ccccc1.S.S. The predicted molar refractivity (Wildman–Crippen MR) is 184 cm³/mol. The van der Waals surface area contributed by atoms with E-state index in [0.717, 1.165) is 21.5 Å². The van der Waals surface area contributed by atoms with Crippen LogP contribution >= 0.6 is 61.4 Å². The van der Waals surface area contributed by atoms with Gasteiger partial charge < -0.3 is 9.47 Å². The van der Waals surface area contributed by atoms with E-state index in [1.165, 1.54) is 36.5 Å². The molecule has 0 spiro atoms. The molecule has 12 nitrogen and oxygen atoms in total. The summed E-state index contributed by atoms with van der Waals surface area (Å²) in [5.41, 5.74) is 1.11. The van der Waals surface area contributed by atoms with Crippen molar-refractivity contribution < 1.29 is 28.7 Å². The maximum absolute atomic E-state index is 12.8. The second kappa shape index (κ2) is 19.1. The van der Waals surface area contributed by atoms with Crippen molar-refractivity contribution in [1.29, 1.82) is 0 Å². The van der Waals surface area contributed by atoms with Gasteiger partial charge in [-0.1, -0.05) is 83.3 Å². The molecule has 45 heavy (non-hydrogen) atoms. The molecule has 2 amide bonds. The highest BCUT2D eigenvalue weighted by Gasteiger charge is 2.26. The second-order valence-corrected chi connectivity index (χ2v) is 12.2. The zero-order valence-corrected chi connectivity index (χ0v) is 28.7. The minimum absolute atomic E-state index is 0. The van der Waals surface area contributed by atoms with Crippen molar-refractivity contribution in [2.24, 2.45) is 0 Å². The largest absolute Gasteiger partial charge is 0.447 e. The summed E-state index contributed by atoms with van der Waals surface area (Å²) in [7, 11) is 0. The summed E-state index contributed by atoms with van der Waals surface area (Å²) < 4.78 is 10.4. The number of benzene rings is 2. The molecule has 2 N–H and O–H groups in total. The highest BCUT2D eigenvalue weighted by atomic mass is 32.2. The lowest BCUT2D eigenvalue weighted by molar-refractivity contribution is -0.152. The Balaban J connectivity index is 0.00000353. The molecule has 0 fully saturated rings. The quantitative estimate of drug-likeness (QED) is 0.139. The van der Waals surface area contributed by atoms with Crippen LogP contribution in [0.2, 0.25) is 0 Å². The number of hydrogen-bond donors (Lipinski definition) is 2. The fourth-order valence-corrected chi connectivity index (χ4v) is 6.33. The van der Waals surface area contributed by atoms with Gasteiger partial charge in [0.25, 0.3) is 11.8 Å². The molecular formula is C28H32N6O6S5. The van der Waals surface area contributed by atoms with Gasteiger partial charge >= 0.3 is 11.9 Å². The van der Waals surface area contributed by atoms with Gasteiger partial charge in [0.1, 0.15) is 10.0 Å². The lowest BCUT2D eigenvalue weighted by Gasteiger charge is -2.15. The Morgan fingerprint density at radius 1 is 0.667 bits per heavy atom. The van der Waals surface area contributed by atoms with Crippen LogP contribution in [0, 0.1) is 0 Å². The van der Waals surface area contributed by atoms with Gasteiger partial charge in [0.15, 0.2) is 0 Å². The first kappa shape index (κ1) is 37.7. The first-order valence-electron chi connectivity index (χ1n) is 13.1. The number of thioether (sulfide) groups is 1. The number of nitrogens with one attached hydrogen (secondary N) is 2. The molecule has 2 aromatic heterocycles. The third kappa shape index (κ3) is 12.1. The van der Waals surface area contributed by atoms with Crippen LogP contribution in [0.4, 0.5) is 10.3 Å². The number of ether oxygens (including phenoxy) is 2. The lowest BCUT2D eigenvalue weighted by Crippen LogP contribution is -2.25. The first-order chi connectivity index (χ1) is 20.8. The van der Waals surface area contributed by atoms with Crippen LogP contribution in [-0.2, 0) is 41.5 Å². The van der Waals surface area contributed by atoms with Crippen LogP contribution in [0.3, 0.4) is 0 Å². The van der Waals surface area contributed by atoms with Gasteiger partial charge in [-0.2, -0.15) is 38.8 Å². The Hall–Kier alpha value is -3.51. The fourth-order valence-electron chi connectivity index (χ4n) is 3.71. The van der Waals surface area contributed by atoms with E-state index in [1.54, 1.807) is 60.3 Å². The molecule has 0 bridgehead atoms. The fraction of sp³-hybridized carbons (Fsp3) is 0.286. The van der Waals surface area contributed by atoms with Gasteiger partial charge in [-0.3, -0.25) is 29.8 Å². The number of hydrogen-bond acceptors (Lipinski definition) is 13. The third-order valence-electron chi connectivity index (χ3n) is 5.56. The van der Waals surface area contributed by atoms with Crippen LogP contribution in [0.25, 0.3) is 0 Å². The Kier molecular flexibility index (Phi) is 16.0. The normalized spacial score (nSPS) is 11.6. The van der Waals surface area contributed by atoms with Gasteiger partial charge in [0.05, 0.1) is 0 Å². The first-order valence-corrected chi connectivity index (χ1v) is 15.9. The van der Waals surface area contributed by atoms with Crippen molar-refractivity contribution in [2.45, 2.75) is 38.9 Å². The van der Waals surface area contributed by atoms with Crippen molar-refractivity contribution in [3.8, 4) is 0 Å². The number of carbonyl (C=O) groups is 4. The van der Waals surface area contributed by atoms with Crippen LogP contribution < -0.4 is 10.6 Å². The second-order valence-electron chi connectivity index (χ2n) is 8.89. The molecule has 2 aromatic carbocycles. The number of nitrogens with zero attached hydrogens (tertiary/aromatic N) is 4. The van der Waals surface area contributed by atoms with Gasteiger partial charge in [0, 0.05) is 37.8 Å². The molecule has 0 aliphatic heterocycles. The number of aryl methyl sites for hydroxylation is 2. The lowest BCUT2D eigenvalue weighted by atomic mass is 10.1. The highest BCUT2D eigenvalue weighted by molar-refractivity contribution is 7.99. The molecule has 4 aromatic rings. The van der Waals surface area contributed by atoms with E-state index in [2.05, 4.69) is 31.0 Å². The van der Waals surface area contributed by atoms with Crippen molar-refractivity contribution in [1.82, 2.24) is 20.4 Å². The Bertz CT molecular complexity index is 1430. The van der Waals surface area contributed by atoms with E-state index in [1.807, 2.05) is 12.1 Å². The summed E-state index contributed by atoms with van der Waals surface area (Å²) in [4.78, 5) is 48.6. The number of esters is 2. The van der Waals surface area contributed by atoms with E-state index in [9.17, 15) is 19.2 Å². The maximum Gasteiger partial charge on any atom is 0.303 e. The summed E-state index contributed by atoms with van der Waals surface area (Å²) in [5.74, 6) is -0.603. The maximum atomic E-state index is 12.8. The molecular weight excluding hydrogens is 677 g/mol. The predicted octanol–water partition coefficient (Wildman–Crippen LogP) is 4.62. The van der Waals surface area contributed by atoms with Crippen molar-refractivity contribution in [3.63, 3.8) is 0 Å². The van der Waals surface area contributed by atoms with E-state index >= 15 is 0 Å². The van der Waals surface area contributed by atoms with Crippen LogP contribution in [0.1, 0.15) is 47.2 Å². The number of carbonyl (C=O) groups excluding carboxylic acids is 4. The zero-order valence-electron chi connectivity index (χ0n) is 24.2. The molecule has 240 valence electrons. The summed E-state index contributed by atoms with van der Waals surface area (Å²) >= 11 is 4.22. The number of rotatable bonds is 14. The minimum atomic E-state index is -1.09. The van der Waals surface area contributed by atoms with E-state index in [0.29, 0.717) is 34.2 Å². The minimum Gasteiger partial charge on any atom is -0.447 e. The molecule has 0 aliphatic rings. The smallest absolute Gasteiger partial charge is 0.303 e. The standard InChI is InChI=1S/C28H28N6O6S3.2H2S/c1-17(35)39-23(19-9-5-3-6-10-19)25(37)29-27-33-31-21(42-27)13-15-41-16-14-22-32-34-28(43-22)30-26(38)24(40-18(2)36)20-11-7-4-8-12-20;;/h3-12,23-24H,13-16H2,1-2H3,(H,29,33,37)(H,30,34,38);2*1H2/t23-,24-;;/m0../s1. The Labute approximate surface area is 286 Å². The van der Waals surface area contributed by atoms with Crippen LogP contribution in [0.15, 0.2) is 60.7 Å². The zero-order chi connectivity index (χ0) is 30.6. The van der Waals surface area contributed by atoms with Crippen molar-refractivity contribution in [3.05, 3.63) is 81.8 Å². The summed E-state index contributed by atoms with van der Waals surface area (Å²) in [6, 6.07) is 17.5. The van der Waals surface area contributed by atoms with Gasteiger partial charge in [-0.05, 0) is 11.5 Å². The molecule has 0 aliphatic carbocycles. The monoisotopic (exact) mass is 708 g/mol. The average molecular weight is 709 g/mol. The van der Waals surface area contributed by atoms with Crippen LogP contribution in [0.5, 0.6) is 0 Å². The summed E-state index contributed by atoms with van der Waals surface area (Å²) in [5, 5.41) is 23.9. The highest BCUT2D eigenvalue weighted by Crippen LogP contribution is 2.25. The number of anilines is 2. The molecule has 2 atom stereocenters. The van der Waals surface area contributed by atoms with E-state index < -0.39 is 36.0 Å². The van der Waals surface area contributed by atoms with E-state index in [4.69, 9.17) is 9.47 Å². The molecule has 4 rings (SSSR count). The molecule has 0 radical (unpaired) electrons. The van der Waals surface area contributed by atoms with Gasteiger partial charge in [-0.25, -0.2) is 0 Å². The number of aromatic nitrogens is 4. The molecule has 0 unspecified atom stereocenters. The van der Waals surface area contributed by atoms with Crippen molar-refractivity contribution >= 4 is 95.4 Å². The summed E-state index contributed by atoms with van der Waals surface area (Å²) in [6.45, 7) is 2.50. The topological polar surface area (TPSA) is 162 Å². The van der Waals surface area contributed by atoms with Gasteiger partial charge in [0.2, 0.25) is 22.5 Å². The third-order valence-corrected chi connectivity index (χ3v) is 8.35. The molecule has 17 heteroatoms. The van der Waals surface area contributed by atoms with Crippen molar-refractivity contribution in [2.75, 3.05) is 22.1 Å². The molecule has 0 saturated carbocycles. The van der Waals surface area contributed by atoms with Gasteiger partial charge in [-0.15, -0.1) is 20.4 Å². The molecule has 0 saturated heterocycles. The average Bonchev–Trinajstić information content (AvgIpc) is 3.64. The van der Waals surface area contributed by atoms with E-state index in [-0.39, 0.29) is 27.0 Å². The number of amides is 2. The Morgan fingerprint density at radius 3 is 1.40 bits per heavy atom. The molecule has 2 heterocycles. The van der Waals surface area contributed by atoms with Crippen LogP contribution in [-0.4, -0.2) is 55.7 Å². The Morgan fingerprint density at radius 2 is 1.04 bits per heavy atom.